The van der Waals surface area contributed by atoms with E-state index in [1.807, 2.05) is 0 Å². The van der Waals surface area contributed by atoms with Crippen LogP contribution in [0, 0.1) is 0 Å². The van der Waals surface area contributed by atoms with Gasteiger partial charge >= 0.3 is 0 Å². The molecule has 0 aliphatic carbocycles. The first-order valence-electron chi connectivity index (χ1n) is 8.47. The van der Waals surface area contributed by atoms with E-state index in [0.29, 0.717) is 0 Å². The molecule has 0 nitrogen and oxygen atoms in total. The zero-order chi connectivity index (χ0) is 14.9. The monoisotopic (exact) mass is 280 g/mol. The van der Waals surface area contributed by atoms with E-state index in [4.69, 9.17) is 0 Å². The van der Waals surface area contributed by atoms with Crippen LogP contribution in [-0.2, 0) is 25.7 Å². The van der Waals surface area contributed by atoms with E-state index >= 15 is 0 Å². The van der Waals surface area contributed by atoms with E-state index in [0.717, 1.165) is 0 Å². The van der Waals surface area contributed by atoms with Gasteiger partial charge in [-0.05, 0) is 54.4 Å². The molecule has 2 rings (SSSR count). The lowest BCUT2D eigenvalue weighted by atomic mass is 10.0. The van der Waals surface area contributed by atoms with E-state index in [9.17, 15) is 0 Å². The first-order valence-corrected chi connectivity index (χ1v) is 8.47. The first kappa shape index (κ1) is 15.8. The molecule has 0 spiro atoms. The Kier molecular flexibility index (Phi) is 6.53. The molecule has 0 aliphatic heterocycles. The molecule has 0 unspecified atom stereocenters. The summed E-state index contributed by atoms with van der Waals surface area (Å²) in [4.78, 5) is 0. The lowest BCUT2D eigenvalue weighted by Crippen LogP contribution is -1.92. The molecular weight excluding hydrogens is 252 g/mol. The van der Waals surface area contributed by atoms with Gasteiger partial charge in [-0.15, -0.1) is 0 Å². The summed E-state index contributed by atoms with van der Waals surface area (Å²) in [5.41, 5.74) is 5.87. The summed E-state index contributed by atoms with van der Waals surface area (Å²) < 4.78 is 0. The molecular formula is C21H28. The maximum Gasteiger partial charge on any atom is -0.0276 e. The lowest BCUT2D eigenvalue weighted by Gasteiger charge is -2.05. The largest absolute Gasteiger partial charge is 0.0651 e. The van der Waals surface area contributed by atoms with Crippen LogP contribution in [-0.4, -0.2) is 0 Å². The van der Waals surface area contributed by atoms with E-state index in [2.05, 4.69) is 62.4 Å². The highest BCUT2D eigenvalue weighted by Gasteiger charge is 1.98. The van der Waals surface area contributed by atoms with Crippen molar-refractivity contribution in [1.29, 1.82) is 0 Å². The minimum Gasteiger partial charge on any atom is -0.0651 e. The van der Waals surface area contributed by atoms with Crippen LogP contribution in [0.15, 0.2) is 48.5 Å². The van der Waals surface area contributed by atoms with E-state index in [-0.39, 0.29) is 0 Å². The summed E-state index contributed by atoms with van der Waals surface area (Å²) >= 11 is 0. The molecule has 0 aliphatic rings. The van der Waals surface area contributed by atoms with Gasteiger partial charge in [-0.3, -0.25) is 0 Å². The minimum absolute atomic E-state index is 1.18. The highest BCUT2D eigenvalue weighted by molar-refractivity contribution is 5.24. The molecule has 0 bridgehead atoms. The van der Waals surface area contributed by atoms with E-state index in [1.54, 1.807) is 0 Å². The van der Waals surface area contributed by atoms with Crippen molar-refractivity contribution < 1.29 is 0 Å². The predicted molar refractivity (Wildman–Crippen MR) is 92.9 cm³/mol. The second kappa shape index (κ2) is 8.67. The highest BCUT2D eigenvalue weighted by Crippen LogP contribution is 2.12. The van der Waals surface area contributed by atoms with E-state index in [1.165, 1.54) is 67.2 Å². The number of hydrogen-bond donors (Lipinski definition) is 0. The Labute approximate surface area is 130 Å². The number of hydrogen-bond acceptors (Lipinski definition) is 0. The van der Waals surface area contributed by atoms with Gasteiger partial charge in [-0.25, -0.2) is 0 Å². The quantitative estimate of drug-likeness (QED) is 0.576. The SMILES string of the molecule is CCCc1ccc(CCCc2ccc(CCC)cc2)cc1. The average Bonchev–Trinajstić information content (AvgIpc) is 2.51. The molecule has 0 heteroatoms. The van der Waals surface area contributed by atoms with Crippen molar-refractivity contribution in [2.45, 2.75) is 58.8 Å². The Morgan fingerprint density at radius 3 is 1.05 bits per heavy atom. The number of rotatable bonds is 8. The van der Waals surface area contributed by atoms with Crippen molar-refractivity contribution in [3.05, 3.63) is 70.8 Å². The molecule has 112 valence electrons. The minimum atomic E-state index is 1.18. The third-order valence-corrected chi connectivity index (χ3v) is 4.05. The molecule has 0 atom stereocenters. The summed E-state index contributed by atoms with van der Waals surface area (Å²) in [6.07, 6.45) is 8.46. The summed E-state index contributed by atoms with van der Waals surface area (Å²) in [7, 11) is 0. The standard InChI is InChI=1S/C21H28/c1-3-6-18-10-14-20(15-11-18)8-5-9-21-16-12-19(7-4-2)13-17-21/h10-17H,3-9H2,1-2H3. The van der Waals surface area contributed by atoms with Gasteiger partial charge in [0, 0.05) is 0 Å². The van der Waals surface area contributed by atoms with Gasteiger partial charge in [-0.2, -0.15) is 0 Å². The Bertz CT molecular complexity index is 455. The maximum absolute atomic E-state index is 2.30. The molecule has 0 aromatic heterocycles. The van der Waals surface area contributed by atoms with Crippen LogP contribution < -0.4 is 0 Å². The van der Waals surface area contributed by atoms with Crippen LogP contribution in [0.4, 0.5) is 0 Å². The molecule has 21 heavy (non-hydrogen) atoms. The van der Waals surface area contributed by atoms with Crippen LogP contribution in [0.5, 0.6) is 0 Å². The fraction of sp³-hybridized carbons (Fsp3) is 0.429. The summed E-state index contributed by atoms with van der Waals surface area (Å²) in [5.74, 6) is 0. The summed E-state index contributed by atoms with van der Waals surface area (Å²) in [6, 6.07) is 18.4. The van der Waals surface area contributed by atoms with Crippen molar-refractivity contribution in [3.8, 4) is 0 Å². The molecule has 0 radical (unpaired) electrons. The summed E-state index contributed by atoms with van der Waals surface area (Å²) in [6.45, 7) is 4.47. The number of benzene rings is 2. The molecule has 0 heterocycles. The van der Waals surface area contributed by atoms with Gasteiger partial charge in [0.1, 0.15) is 0 Å². The molecule has 0 fully saturated rings. The fourth-order valence-electron chi connectivity index (χ4n) is 2.82. The Hall–Kier alpha value is -1.56. The summed E-state index contributed by atoms with van der Waals surface area (Å²) in [5, 5.41) is 0. The first-order chi connectivity index (χ1) is 10.3. The Balaban J connectivity index is 1.78. The van der Waals surface area contributed by atoms with Crippen LogP contribution >= 0.6 is 0 Å². The maximum atomic E-state index is 2.30. The van der Waals surface area contributed by atoms with Crippen molar-refractivity contribution in [2.24, 2.45) is 0 Å². The molecule has 2 aromatic carbocycles. The van der Waals surface area contributed by atoms with Crippen LogP contribution in [0.3, 0.4) is 0 Å². The van der Waals surface area contributed by atoms with Gasteiger partial charge in [0.15, 0.2) is 0 Å². The van der Waals surface area contributed by atoms with Gasteiger partial charge in [-0.1, -0.05) is 75.2 Å². The normalized spacial score (nSPS) is 10.8. The topological polar surface area (TPSA) is 0 Å². The zero-order valence-corrected chi connectivity index (χ0v) is 13.6. The molecule has 0 amide bonds. The van der Waals surface area contributed by atoms with Gasteiger partial charge in [0.25, 0.3) is 0 Å². The van der Waals surface area contributed by atoms with Crippen LogP contribution in [0.1, 0.15) is 55.4 Å². The van der Waals surface area contributed by atoms with Crippen molar-refractivity contribution >= 4 is 0 Å². The van der Waals surface area contributed by atoms with Gasteiger partial charge in [0.05, 0.1) is 0 Å². The predicted octanol–water partition coefficient (Wildman–Crippen LogP) is 5.77. The third kappa shape index (κ3) is 5.38. The average molecular weight is 280 g/mol. The molecule has 0 N–H and O–H groups in total. The Morgan fingerprint density at radius 2 is 0.762 bits per heavy atom. The number of aryl methyl sites for hydroxylation is 4. The van der Waals surface area contributed by atoms with Gasteiger partial charge in [0.2, 0.25) is 0 Å². The van der Waals surface area contributed by atoms with Crippen molar-refractivity contribution in [1.82, 2.24) is 0 Å². The highest BCUT2D eigenvalue weighted by atomic mass is 14.0. The molecule has 0 saturated heterocycles. The molecule has 0 saturated carbocycles. The fourth-order valence-corrected chi connectivity index (χ4v) is 2.82. The van der Waals surface area contributed by atoms with Crippen molar-refractivity contribution in [2.75, 3.05) is 0 Å². The second-order valence-corrected chi connectivity index (χ2v) is 5.99. The smallest absolute Gasteiger partial charge is 0.0276 e. The molecule has 2 aromatic rings. The van der Waals surface area contributed by atoms with Crippen LogP contribution in [0.25, 0.3) is 0 Å². The third-order valence-electron chi connectivity index (χ3n) is 4.05. The Morgan fingerprint density at radius 1 is 0.476 bits per heavy atom. The zero-order valence-electron chi connectivity index (χ0n) is 13.6. The van der Waals surface area contributed by atoms with Gasteiger partial charge < -0.3 is 0 Å². The van der Waals surface area contributed by atoms with E-state index < -0.39 is 0 Å². The van der Waals surface area contributed by atoms with Crippen LogP contribution in [0.2, 0.25) is 0 Å². The van der Waals surface area contributed by atoms with Crippen molar-refractivity contribution in [3.63, 3.8) is 0 Å². The second-order valence-electron chi connectivity index (χ2n) is 5.99. The lowest BCUT2D eigenvalue weighted by molar-refractivity contribution is 0.817.